The fourth-order valence-corrected chi connectivity index (χ4v) is 3.12. The summed E-state index contributed by atoms with van der Waals surface area (Å²) < 4.78 is 3.50. The average Bonchev–Trinajstić information content (AvgIpc) is 2.90. The molecule has 0 fully saturated rings. The molecule has 5 heteroatoms. The van der Waals surface area contributed by atoms with Gasteiger partial charge >= 0.3 is 0 Å². The Morgan fingerprint density at radius 1 is 0.885 bits per heavy atom. The highest BCUT2D eigenvalue weighted by atomic mass is 16.1. The fourth-order valence-electron chi connectivity index (χ4n) is 3.12. The van der Waals surface area contributed by atoms with Crippen molar-refractivity contribution in [2.24, 2.45) is 0 Å². The minimum atomic E-state index is -0.365. The highest BCUT2D eigenvalue weighted by Gasteiger charge is 2.30. The Bertz CT molecular complexity index is 975. The van der Waals surface area contributed by atoms with Gasteiger partial charge < -0.3 is 5.32 Å². The summed E-state index contributed by atoms with van der Waals surface area (Å²) in [5.74, 6) is 0. The molecule has 5 nitrogen and oxygen atoms in total. The maximum Gasteiger partial charge on any atom is 0.295 e. The van der Waals surface area contributed by atoms with Crippen LogP contribution in [0, 0.1) is 6.92 Å². The second kappa shape index (κ2) is 6.67. The molecule has 26 heavy (non-hydrogen) atoms. The van der Waals surface area contributed by atoms with Crippen molar-refractivity contribution in [2.45, 2.75) is 33.1 Å². The van der Waals surface area contributed by atoms with Gasteiger partial charge in [0.15, 0.2) is 0 Å². The maximum atomic E-state index is 13.2. The van der Waals surface area contributed by atoms with Crippen molar-refractivity contribution >= 4 is 12.1 Å². The Morgan fingerprint density at radius 3 is 2.00 bits per heavy atom. The highest BCUT2D eigenvalue weighted by molar-refractivity contribution is 5.74. The van der Waals surface area contributed by atoms with Crippen molar-refractivity contribution in [2.75, 3.05) is 5.32 Å². The second-order valence-corrected chi connectivity index (χ2v) is 7.34. The van der Waals surface area contributed by atoms with Crippen molar-refractivity contribution < 1.29 is 4.79 Å². The van der Waals surface area contributed by atoms with Crippen LogP contribution in [0.15, 0.2) is 59.4 Å². The lowest BCUT2D eigenvalue weighted by Crippen LogP contribution is -2.23. The molecule has 0 radical (unpaired) electrons. The summed E-state index contributed by atoms with van der Waals surface area (Å²) in [4.78, 5) is 24.4. The lowest BCUT2D eigenvalue weighted by atomic mass is 9.91. The molecule has 2 aromatic carbocycles. The first-order valence-electron chi connectivity index (χ1n) is 8.55. The van der Waals surface area contributed by atoms with Gasteiger partial charge in [0.2, 0.25) is 6.41 Å². The molecule has 3 rings (SSSR count). The average molecular weight is 349 g/mol. The smallest absolute Gasteiger partial charge is 0.295 e. The van der Waals surface area contributed by atoms with E-state index in [-0.39, 0.29) is 11.0 Å². The Balaban J connectivity index is 2.45. The number of nitrogens with zero attached hydrogens (tertiary/aromatic N) is 2. The molecule has 0 saturated heterocycles. The number of para-hydroxylation sites is 1. The normalized spacial score (nSPS) is 11.4. The van der Waals surface area contributed by atoms with Gasteiger partial charge in [0.25, 0.3) is 5.56 Å². The first kappa shape index (κ1) is 17.7. The summed E-state index contributed by atoms with van der Waals surface area (Å²) in [6, 6.07) is 17.4. The number of carbonyl (C=O) groups excluding carboxylic acids is 1. The monoisotopic (exact) mass is 349 g/mol. The zero-order valence-electron chi connectivity index (χ0n) is 15.5. The first-order chi connectivity index (χ1) is 12.3. The molecule has 1 heterocycles. The number of anilines is 1. The van der Waals surface area contributed by atoms with Crippen LogP contribution in [-0.4, -0.2) is 15.8 Å². The van der Waals surface area contributed by atoms with Gasteiger partial charge in [0.05, 0.1) is 17.1 Å². The van der Waals surface area contributed by atoms with Crippen LogP contribution < -0.4 is 10.9 Å². The minimum Gasteiger partial charge on any atom is -0.323 e. The van der Waals surface area contributed by atoms with E-state index in [9.17, 15) is 9.59 Å². The molecule has 0 saturated carbocycles. The van der Waals surface area contributed by atoms with Gasteiger partial charge in [-0.15, -0.1) is 0 Å². The van der Waals surface area contributed by atoms with Crippen molar-refractivity contribution in [1.29, 1.82) is 0 Å². The summed E-state index contributed by atoms with van der Waals surface area (Å²) in [6.07, 6.45) is 0.556. The fraction of sp³-hybridized carbons (Fsp3) is 0.238. The van der Waals surface area contributed by atoms with Crippen LogP contribution in [0.25, 0.3) is 11.4 Å². The number of benzene rings is 2. The molecule has 3 aromatic rings. The van der Waals surface area contributed by atoms with E-state index >= 15 is 0 Å². The van der Waals surface area contributed by atoms with Gasteiger partial charge in [0.1, 0.15) is 5.69 Å². The number of hydrogen-bond donors (Lipinski definition) is 1. The Labute approximate surface area is 152 Å². The van der Waals surface area contributed by atoms with Gasteiger partial charge in [-0.2, -0.15) is 0 Å². The molecule has 0 aliphatic carbocycles. The van der Waals surface area contributed by atoms with Crippen LogP contribution in [0.3, 0.4) is 0 Å². The molecule has 1 aromatic heterocycles. The summed E-state index contributed by atoms with van der Waals surface area (Å²) in [6.45, 7) is 8.08. The van der Waals surface area contributed by atoms with Gasteiger partial charge in [-0.1, -0.05) is 56.7 Å². The molecule has 0 bridgehead atoms. The van der Waals surface area contributed by atoms with Crippen LogP contribution in [0.1, 0.15) is 32.0 Å². The Morgan fingerprint density at radius 2 is 1.46 bits per heavy atom. The molecule has 0 aliphatic heterocycles. The third kappa shape index (κ3) is 3.08. The first-order valence-corrected chi connectivity index (χ1v) is 8.55. The number of nitrogens with one attached hydrogen (secondary N) is 1. The molecule has 0 unspecified atom stereocenters. The number of amides is 1. The predicted octanol–water partition coefficient (Wildman–Crippen LogP) is 3.80. The third-order valence-electron chi connectivity index (χ3n) is 4.25. The van der Waals surface area contributed by atoms with E-state index in [1.807, 2.05) is 87.0 Å². The summed E-state index contributed by atoms with van der Waals surface area (Å²) >= 11 is 0. The van der Waals surface area contributed by atoms with Gasteiger partial charge in [-0.05, 0) is 31.2 Å². The lowest BCUT2D eigenvalue weighted by Gasteiger charge is -2.24. The molecular weight excluding hydrogens is 326 g/mol. The Hall–Kier alpha value is -3.08. The van der Waals surface area contributed by atoms with Crippen LogP contribution in [-0.2, 0) is 10.2 Å². The van der Waals surface area contributed by atoms with Gasteiger partial charge in [0, 0.05) is 5.41 Å². The zero-order chi connectivity index (χ0) is 18.9. The topological polar surface area (TPSA) is 56.0 Å². The molecular formula is C21H23N3O2. The van der Waals surface area contributed by atoms with Crippen molar-refractivity contribution in [3.63, 3.8) is 0 Å². The predicted molar refractivity (Wildman–Crippen MR) is 104 cm³/mol. The van der Waals surface area contributed by atoms with Crippen molar-refractivity contribution in [3.05, 3.63) is 76.2 Å². The second-order valence-electron chi connectivity index (χ2n) is 7.34. The summed E-state index contributed by atoms with van der Waals surface area (Å²) in [7, 11) is 0. The number of aryl methyl sites for hydroxylation is 1. The molecule has 1 N–H and O–H groups in total. The quantitative estimate of drug-likeness (QED) is 0.728. The largest absolute Gasteiger partial charge is 0.323 e. The Kier molecular flexibility index (Phi) is 4.55. The van der Waals surface area contributed by atoms with Gasteiger partial charge in [-0.25, -0.2) is 9.36 Å². The molecule has 0 atom stereocenters. The molecule has 134 valence electrons. The van der Waals surface area contributed by atoms with Crippen LogP contribution >= 0.6 is 0 Å². The van der Waals surface area contributed by atoms with E-state index in [0.717, 1.165) is 22.6 Å². The number of aromatic nitrogens is 2. The van der Waals surface area contributed by atoms with E-state index < -0.39 is 0 Å². The lowest BCUT2D eigenvalue weighted by molar-refractivity contribution is -0.105. The standard InChI is InChI=1S/C21H23N3O2/c1-15-10-12-17(13-11-15)24-20(26)18(22-14-25)19(21(2,3)4)23(24)16-8-6-5-7-9-16/h5-14H,1-4H3,(H,22,25). The maximum absolute atomic E-state index is 13.2. The molecule has 1 amide bonds. The molecule has 0 aliphatic rings. The number of rotatable bonds is 4. The van der Waals surface area contributed by atoms with Gasteiger partial charge in [-0.3, -0.25) is 9.59 Å². The van der Waals surface area contributed by atoms with Crippen LogP contribution in [0.5, 0.6) is 0 Å². The third-order valence-corrected chi connectivity index (χ3v) is 4.25. The summed E-state index contributed by atoms with van der Waals surface area (Å²) in [5.41, 5.74) is 3.15. The number of carbonyl (C=O) groups is 1. The highest BCUT2D eigenvalue weighted by Crippen LogP contribution is 2.31. The minimum absolute atomic E-state index is 0.255. The van der Waals surface area contributed by atoms with E-state index in [4.69, 9.17) is 0 Å². The van der Waals surface area contributed by atoms with Crippen LogP contribution in [0.4, 0.5) is 5.69 Å². The SMILES string of the molecule is Cc1ccc(-n2c(=O)c(NC=O)c(C(C)(C)C)n2-c2ccccc2)cc1. The zero-order valence-corrected chi connectivity index (χ0v) is 15.5. The van der Waals surface area contributed by atoms with E-state index in [0.29, 0.717) is 12.1 Å². The van der Waals surface area contributed by atoms with E-state index in [2.05, 4.69) is 5.32 Å². The van der Waals surface area contributed by atoms with Crippen molar-refractivity contribution in [3.8, 4) is 11.4 Å². The molecule has 0 spiro atoms. The number of hydrogen-bond acceptors (Lipinski definition) is 2. The van der Waals surface area contributed by atoms with Crippen LogP contribution in [0.2, 0.25) is 0 Å². The van der Waals surface area contributed by atoms with E-state index in [1.54, 1.807) is 4.68 Å². The van der Waals surface area contributed by atoms with E-state index in [1.165, 1.54) is 0 Å². The summed E-state index contributed by atoms with van der Waals surface area (Å²) in [5, 5.41) is 2.63. The van der Waals surface area contributed by atoms with Crippen molar-refractivity contribution in [1.82, 2.24) is 9.36 Å².